The number of imidazole rings is 1. The van der Waals surface area contributed by atoms with Gasteiger partial charge in [0, 0.05) is 18.6 Å². The summed E-state index contributed by atoms with van der Waals surface area (Å²) in [5.74, 6) is 0. The van der Waals surface area contributed by atoms with Crippen LogP contribution in [0.15, 0.2) is 38.5 Å². The van der Waals surface area contributed by atoms with Crippen LogP contribution < -0.4 is 0 Å². The van der Waals surface area contributed by atoms with Crippen molar-refractivity contribution in [2.75, 3.05) is 0 Å². The average Bonchev–Trinajstić information content (AvgIpc) is 2.43. The third-order valence-electron chi connectivity index (χ3n) is 0.736. The second kappa shape index (κ2) is 4.84. The van der Waals surface area contributed by atoms with E-state index in [9.17, 15) is 0 Å². The molecule has 0 atom stereocenters. The van der Waals surface area contributed by atoms with Crippen LogP contribution in [0.3, 0.4) is 0 Å². The largest absolute Gasteiger partial charge is 0.314 e. The molecule has 48 valence electrons. The lowest BCUT2D eigenvalue weighted by atomic mass is 10.9. The molecule has 1 aromatic heterocycles. The van der Waals surface area contributed by atoms with Crippen molar-refractivity contribution in [2.24, 2.45) is 0 Å². The first-order valence-corrected chi connectivity index (χ1v) is 2.53. The number of rotatable bonds is 1. The van der Waals surface area contributed by atoms with Crippen molar-refractivity contribution in [3.8, 4) is 0 Å². The molecule has 1 aromatic rings. The maximum atomic E-state index is 3.78. The highest BCUT2D eigenvalue weighted by Gasteiger charge is 1.73. The molecule has 0 radical (unpaired) electrons. The normalized spacial score (nSPS) is 7.11. The van der Waals surface area contributed by atoms with E-state index < -0.39 is 0 Å². The Morgan fingerprint density at radius 2 is 2.11 bits per heavy atom. The van der Waals surface area contributed by atoms with Gasteiger partial charge in [-0.2, -0.15) is 0 Å². The van der Waals surface area contributed by atoms with Crippen LogP contribution in [0.4, 0.5) is 0 Å². The van der Waals surface area contributed by atoms with Gasteiger partial charge < -0.3 is 4.57 Å². The Bertz CT molecular complexity index is 153. The van der Waals surface area contributed by atoms with Crippen LogP contribution in [-0.2, 0) is 0 Å². The average molecular weight is 122 g/mol. The van der Waals surface area contributed by atoms with E-state index in [2.05, 4.69) is 24.7 Å². The molecule has 0 aliphatic rings. The molecular formula is C7H10N2. The summed E-state index contributed by atoms with van der Waals surface area (Å²) < 4.78 is 1.78. The lowest BCUT2D eigenvalue weighted by molar-refractivity contribution is 1.14. The summed E-state index contributed by atoms with van der Waals surface area (Å²) in [6.45, 7) is 9.53. The topological polar surface area (TPSA) is 17.8 Å². The first kappa shape index (κ1) is 7.69. The van der Waals surface area contributed by atoms with Crippen LogP contribution in [-0.4, -0.2) is 9.55 Å². The Kier molecular flexibility index (Phi) is 4.14. The van der Waals surface area contributed by atoms with Crippen molar-refractivity contribution in [1.82, 2.24) is 9.55 Å². The molecule has 1 heterocycles. The predicted octanol–water partition coefficient (Wildman–Crippen LogP) is 1.79. The third-order valence-corrected chi connectivity index (χ3v) is 0.736. The highest BCUT2D eigenvalue weighted by Crippen LogP contribution is 1.81. The van der Waals surface area contributed by atoms with E-state index in [4.69, 9.17) is 0 Å². The first-order chi connectivity index (χ1) is 4.43. The zero-order chi connectivity index (χ0) is 7.11. The van der Waals surface area contributed by atoms with Gasteiger partial charge in [0.15, 0.2) is 0 Å². The zero-order valence-corrected chi connectivity index (χ0v) is 5.33. The summed E-state index contributed by atoms with van der Waals surface area (Å²) in [6, 6.07) is 0. The van der Waals surface area contributed by atoms with Gasteiger partial charge in [-0.05, 0) is 0 Å². The molecule has 0 aliphatic carbocycles. The van der Waals surface area contributed by atoms with Gasteiger partial charge in [-0.15, -0.1) is 13.2 Å². The van der Waals surface area contributed by atoms with Crippen molar-refractivity contribution in [1.29, 1.82) is 0 Å². The molecule has 0 bridgehead atoms. The highest BCUT2D eigenvalue weighted by atomic mass is 15.0. The quantitative estimate of drug-likeness (QED) is 0.519. The van der Waals surface area contributed by atoms with Crippen molar-refractivity contribution < 1.29 is 0 Å². The SMILES string of the molecule is C=C.C=Cn1ccnc1. The minimum atomic E-state index is 1.69. The van der Waals surface area contributed by atoms with Crippen LogP contribution in [0, 0.1) is 0 Å². The van der Waals surface area contributed by atoms with E-state index in [1.54, 1.807) is 23.3 Å². The monoisotopic (exact) mass is 122 g/mol. The Morgan fingerprint density at radius 1 is 1.44 bits per heavy atom. The molecule has 0 saturated carbocycles. The molecule has 0 fully saturated rings. The maximum Gasteiger partial charge on any atom is 0.0986 e. The minimum Gasteiger partial charge on any atom is -0.314 e. The van der Waals surface area contributed by atoms with E-state index in [0.717, 1.165) is 0 Å². The molecule has 0 aliphatic heterocycles. The molecule has 1 rings (SSSR count). The lowest BCUT2D eigenvalue weighted by Crippen LogP contribution is -1.73. The fraction of sp³-hybridized carbons (Fsp3) is 0. The molecule has 0 unspecified atom stereocenters. The predicted molar refractivity (Wildman–Crippen MR) is 39.9 cm³/mol. The van der Waals surface area contributed by atoms with Gasteiger partial charge >= 0.3 is 0 Å². The van der Waals surface area contributed by atoms with Crippen LogP contribution >= 0.6 is 0 Å². The summed E-state index contributed by atoms with van der Waals surface area (Å²) in [4.78, 5) is 3.78. The number of hydrogen-bond donors (Lipinski definition) is 0. The van der Waals surface area contributed by atoms with Crippen molar-refractivity contribution in [3.05, 3.63) is 38.5 Å². The van der Waals surface area contributed by atoms with E-state index in [1.165, 1.54) is 0 Å². The number of hydrogen-bond acceptors (Lipinski definition) is 1. The molecule has 2 heteroatoms. The fourth-order valence-electron chi connectivity index (χ4n) is 0.377. The molecule has 0 spiro atoms. The van der Waals surface area contributed by atoms with Crippen LogP contribution in [0.25, 0.3) is 6.20 Å². The van der Waals surface area contributed by atoms with Crippen LogP contribution in [0.5, 0.6) is 0 Å². The van der Waals surface area contributed by atoms with E-state index in [0.29, 0.717) is 0 Å². The Morgan fingerprint density at radius 3 is 2.33 bits per heavy atom. The molecule has 0 saturated heterocycles. The van der Waals surface area contributed by atoms with Crippen molar-refractivity contribution in [2.45, 2.75) is 0 Å². The molecule has 0 aromatic carbocycles. The summed E-state index contributed by atoms with van der Waals surface area (Å²) >= 11 is 0. The van der Waals surface area contributed by atoms with Gasteiger partial charge in [-0.1, -0.05) is 6.58 Å². The van der Waals surface area contributed by atoms with Gasteiger partial charge in [0.05, 0.1) is 6.33 Å². The summed E-state index contributed by atoms with van der Waals surface area (Å²) in [5.41, 5.74) is 0. The number of nitrogens with zero attached hydrogens (tertiary/aromatic N) is 2. The van der Waals surface area contributed by atoms with Crippen molar-refractivity contribution in [3.63, 3.8) is 0 Å². The van der Waals surface area contributed by atoms with Crippen molar-refractivity contribution >= 4 is 6.20 Å². The van der Waals surface area contributed by atoms with Gasteiger partial charge in [-0.25, -0.2) is 4.98 Å². The molecule has 2 nitrogen and oxygen atoms in total. The van der Waals surface area contributed by atoms with Gasteiger partial charge in [0.25, 0.3) is 0 Å². The molecule has 0 N–H and O–H groups in total. The molecule has 9 heavy (non-hydrogen) atoms. The van der Waals surface area contributed by atoms with Crippen LogP contribution in [0.1, 0.15) is 0 Å². The second-order valence-electron chi connectivity index (χ2n) is 1.19. The molecule has 0 amide bonds. The lowest BCUT2D eigenvalue weighted by Gasteiger charge is -1.80. The van der Waals surface area contributed by atoms with Crippen LogP contribution in [0.2, 0.25) is 0 Å². The fourth-order valence-corrected chi connectivity index (χ4v) is 0.377. The van der Waals surface area contributed by atoms with E-state index in [1.807, 2.05) is 6.20 Å². The van der Waals surface area contributed by atoms with E-state index >= 15 is 0 Å². The van der Waals surface area contributed by atoms with Gasteiger partial charge in [0.2, 0.25) is 0 Å². The highest BCUT2D eigenvalue weighted by molar-refractivity contribution is 5.14. The standard InChI is InChI=1S/C5H6N2.C2H4/c1-2-7-4-3-6-5-7;1-2/h2-5H,1H2;1-2H2. The Labute approximate surface area is 55.2 Å². The summed E-state index contributed by atoms with van der Waals surface area (Å²) in [7, 11) is 0. The third kappa shape index (κ3) is 2.49. The van der Waals surface area contributed by atoms with E-state index in [-0.39, 0.29) is 0 Å². The first-order valence-electron chi connectivity index (χ1n) is 2.53. The summed E-state index contributed by atoms with van der Waals surface area (Å²) in [6.07, 6.45) is 6.91. The van der Waals surface area contributed by atoms with Gasteiger partial charge in [0.1, 0.15) is 0 Å². The maximum absolute atomic E-state index is 3.78. The molecular weight excluding hydrogens is 112 g/mol. The zero-order valence-electron chi connectivity index (χ0n) is 5.33. The summed E-state index contributed by atoms with van der Waals surface area (Å²) in [5, 5.41) is 0. The smallest absolute Gasteiger partial charge is 0.0986 e. The second-order valence-corrected chi connectivity index (χ2v) is 1.19. The minimum absolute atomic E-state index is 1.69. The Balaban J connectivity index is 0.000000291. The number of aromatic nitrogens is 2. The Hall–Kier alpha value is -1.31. The van der Waals surface area contributed by atoms with Gasteiger partial charge in [-0.3, -0.25) is 0 Å².